The Morgan fingerprint density at radius 2 is 2.18 bits per heavy atom. The predicted octanol–water partition coefficient (Wildman–Crippen LogP) is 3.04. The van der Waals surface area contributed by atoms with Crippen LogP contribution in [0.1, 0.15) is 36.6 Å². The number of carbonyl (C=O) groups is 1. The molecule has 1 heterocycles. The van der Waals surface area contributed by atoms with Crippen molar-refractivity contribution in [3.8, 4) is 5.75 Å². The first-order valence-corrected chi connectivity index (χ1v) is 6.97. The molecule has 5 nitrogen and oxygen atoms in total. The van der Waals surface area contributed by atoms with Gasteiger partial charge in [-0.2, -0.15) is 5.10 Å². The number of phenolic OH excluding ortho intramolecular Hbond substituents is 1. The minimum atomic E-state index is -2.65. The fourth-order valence-electron chi connectivity index (χ4n) is 2.31. The Morgan fingerprint density at radius 1 is 1.41 bits per heavy atom. The van der Waals surface area contributed by atoms with Crippen LogP contribution in [0.15, 0.2) is 30.3 Å². The lowest BCUT2D eigenvalue weighted by atomic mass is 10.2. The van der Waals surface area contributed by atoms with E-state index < -0.39 is 6.43 Å². The maximum absolute atomic E-state index is 12.8. The van der Waals surface area contributed by atoms with Crippen molar-refractivity contribution in [2.45, 2.75) is 31.7 Å². The first-order valence-electron chi connectivity index (χ1n) is 6.97. The molecule has 0 saturated heterocycles. The quantitative estimate of drug-likeness (QED) is 0.892. The molecule has 1 aliphatic rings. The average molecular weight is 307 g/mol. The highest BCUT2D eigenvalue weighted by molar-refractivity contribution is 5.90. The lowest BCUT2D eigenvalue weighted by molar-refractivity contribution is -0.117. The molecule has 22 heavy (non-hydrogen) atoms. The molecule has 0 atom stereocenters. The number of hydrogen-bond acceptors (Lipinski definition) is 3. The van der Waals surface area contributed by atoms with Gasteiger partial charge in [-0.15, -0.1) is 0 Å². The normalized spacial score (nSPS) is 14.3. The number of rotatable bonds is 5. The Hall–Kier alpha value is -2.44. The molecule has 1 aromatic carbocycles. The second-order valence-corrected chi connectivity index (χ2v) is 5.33. The maximum Gasteiger partial charge on any atom is 0.282 e. The molecular formula is C15H15F2N3O2. The van der Waals surface area contributed by atoms with Crippen LogP contribution in [-0.4, -0.2) is 20.8 Å². The fourth-order valence-corrected chi connectivity index (χ4v) is 2.31. The van der Waals surface area contributed by atoms with Gasteiger partial charge in [-0.1, -0.05) is 6.07 Å². The Labute approximate surface area is 125 Å². The number of anilines is 1. The van der Waals surface area contributed by atoms with Gasteiger partial charge >= 0.3 is 0 Å². The van der Waals surface area contributed by atoms with Crippen LogP contribution in [0, 0.1) is 0 Å². The van der Waals surface area contributed by atoms with Crippen LogP contribution >= 0.6 is 0 Å². The number of carbonyl (C=O) groups excluding carboxylic acids is 1. The van der Waals surface area contributed by atoms with Crippen molar-refractivity contribution in [3.63, 3.8) is 0 Å². The lowest BCUT2D eigenvalue weighted by Crippen LogP contribution is -2.20. The second-order valence-electron chi connectivity index (χ2n) is 5.33. The van der Waals surface area contributed by atoms with Crippen LogP contribution in [0.25, 0.3) is 0 Å². The molecule has 1 aromatic heterocycles. The van der Waals surface area contributed by atoms with Gasteiger partial charge in [-0.25, -0.2) is 8.78 Å². The third kappa shape index (κ3) is 3.24. The summed E-state index contributed by atoms with van der Waals surface area (Å²) in [5, 5.41) is 15.8. The number of nitrogens with one attached hydrogen (secondary N) is 1. The van der Waals surface area contributed by atoms with Crippen LogP contribution in [0.3, 0.4) is 0 Å². The SMILES string of the molecule is O=C(Cn1nc(C(F)F)cc1C1CC1)Nc1cccc(O)c1. The molecule has 0 radical (unpaired) electrons. The van der Waals surface area contributed by atoms with Gasteiger partial charge in [0.15, 0.2) is 0 Å². The molecule has 3 rings (SSSR count). The molecule has 7 heteroatoms. The van der Waals surface area contributed by atoms with Gasteiger partial charge in [-0.3, -0.25) is 9.48 Å². The zero-order chi connectivity index (χ0) is 15.7. The molecule has 0 bridgehead atoms. The maximum atomic E-state index is 12.8. The molecule has 2 aromatic rings. The van der Waals surface area contributed by atoms with E-state index in [1.54, 1.807) is 12.1 Å². The fraction of sp³-hybridized carbons (Fsp3) is 0.333. The standard InChI is InChI=1S/C15H15F2N3O2/c16-15(17)12-7-13(9-4-5-9)20(19-12)8-14(22)18-10-2-1-3-11(21)6-10/h1-3,6-7,9,15,21H,4-5,8H2,(H,18,22). The zero-order valence-electron chi connectivity index (χ0n) is 11.7. The third-order valence-corrected chi connectivity index (χ3v) is 3.47. The predicted molar refractivity (Wildman–Crippen MR) is 75.9 cm³/mol. The highest BCUT2D eigenvalue weighted by Crippen LogP contribution is 2.41. The summed E-state index contributed by atoms with van der Waals surface area (Å²) in [5.74, 6) is -0.125. The number of phenols is 1. The minimum Gasteiger partial charge on any atom is -0.508 e. The van der Waals surface area contributed by atoms with E-state index in [4.69, 9.17) is 0 Å². The molecule has 2 N–H and O–H groups in total. The number of hydrogen-bond donors (Lipinski definition) is 2. The number of halogens is 2. The molecule has 1 saturated carbocycles. The first-order chi connectivity index (χ1) is 10.5. The van der Waals surface area contributed by atoms with Crippen molar-refractivity contribution in [1.82, 2.24) is 9.78 Å². The van der Waals surface area contributed by atoms with Gasteiger partial charge < -0.3 is 10.4 Å². The Bertz CT molecular complexity index is 696. The molecule has 1 aliphatic carbocycles. The summed E-state index contributed by atoms with van der Waals surface area (Å²) in [6.45, 7) is -0.131. The van der Waals surface area contributed by atoms with Gasteiger partial charge in [0.25, 0.3) is 6.43 Å². The molecule has 0 aliphatic heterocycles. The van der Waals surface area contributed by atoms with E-state index in [-0.39, 0.29) is 29.8 Å². The average Bonchev–Trinajstić information content (AvgIpc) is 3.20. The highest BCUT2D eigenvalue weighted by atomic mass is 19.3. The number of alkyl halides is 2. The van der Waals surface area contributed by atoms with Gasteiger partial charge in [0, 0.05) is 23.4 Å². The number of amides is 1. The van der Waals surface area contributed by atoms with E-state index in [0.717, 1.165) is 12.8 Å². The summed E-state index contributed by atoms with van der Waals surface area (Å²) in [6, 6.07) is 7.51. The van der Waals surface area contributed by atoms with Crippen LogP contribution in [0.2, 0.25) is 0 Å². The van der Waals surface area contributed by atoms with Crippen molar-refractivity contribution in [2.24, 2.45) is 0 Å². The Morgan fingerprint density at radius 3 is 2.82 bits per heavy atom. The molecule has 1 amide bonds. The summed E-state index contributed by atoms with van der Waals surface area (Å²) in [7, 11) is 0. The number of aromatic nitrogens is 2. The van der Waals surface area contributed by atoms with Crippen molar-refractivity contribution < 1.29 is 18.7 Å². The van der Waals surface area contributed by atoms with Crippen LogP contribution in [0.4, 0.5) is 14.5 Å². The number of nitrogens with zero attached hydrogens (tertiary/aromatic N) is 2. The van der Waals surface area contributed by atoms with Crippen LogP contribution in [0.5, 0.6) is 5.75 Å². The Kier molecular flexibility index (Phi) is 3.79. The molecule has 0 spiro atoms. The first kappa shape index (κ1) is 14.5. The highest BCUT2D eigenvalue weighted by Gasteiger charge is 2.30. The van der Waals surface area contributed by atoms with Crippen molar-refractivity contribution in [1.29, 1.82) is 0 Å². The van der Waals surface area contributed by atoms with E-state index in [0.29, 0.717) is 11.4 Å². The van der Waals surface area contributed by atoms with Crippen molar-refractivity contribution in [3.05, 3.63) is 41.7 Å². The largest absolute Gasteiger partial charge is 0.508 e. The smallest absolute Gasteiger partial charge is 0.282 e. The molecule has 0 unspecified atom stereocenters. The zero-order valence-corrected chi connectivity index (χ0v) is 11.7. The summed E-state index contributed by atoms with van der Waals surface area (Å²) >= 11 is 0. The van der Waals surface area contributed by atoms with E-state index in [9.17, 15) is 18.7 Å². The number of aromatic hydroxyl groups is 1. The van der Waals surface area contributed by atoms with Gasteiger partial charge in [-0.05, 0) is 31.0 Å². The van der Waals surface area contributed by atoms with Crippen molar-refractivity contribution in [2.75, 3.05) is 5.32 Å². The van der Waals surface area contributed by atoms with Gasteiger partial charge in [0.1, 0.15) is 18.0 Å². The molecular weight excluding hydrogens is 292 g/mol. The summed E-state index contributed by atoms with van der Waals surface area (Å²) in [6.07, 6.45) is -0.779. The van der Waals surface area contributed by atoms with Gasteiger partial charge in [0.05, 0.1) is 0 Å². The van der Waals surface area contributed by atoms with E-state index in [2.05, 4.69) is 10.4 Å². The topological polar surface area (TPSA) is 67.2 Å². The monoisotopic (exact) mass is 307 g/mol. The van der Waals surface area contributed by atoms with Crippen LogP contribution in [-0.2, 0) is 11.3 Å². The lowest BCUT2D eigenvalue weighted by Gasteiger charge is -2.08. The minimum absolute atomic E-state index is 0.0375. The van der Waals surface area contributed by atoms with Crippen molar-refractivity contribution >= 4 is 11.6 Å². The summed E-state index contributed by atoms with van der Waals surface area (Å²) in [5.41, 5.74) is 0.827. The van der Waals surface area contributed by atoms with Gasteiger partial charge in [0.2, 0.25) is 5.91 Å². The molecule has 1 fully saturated rings. The van der Waals surface area contributed by atoms with E-state index >= 15 is 0 Å². The summed E-state index contributed by atoms with van der Waals surface area (Å²) in [4.78, 5) is 12.0. The van der Waals surface area contributed by atoms with E-state index in [1.165, 1.54) is 22.9 Å². The number of benzene rings is 1. The van der Waals surface area contributed by atoms with E-state index in [1.807, 2.05) is 0 Å². The molecule has 116 valence electrons. The Balaban J connectivity index is 1.73. The van der Waals surface area contributed by atoms with Crippen LogP contribution < -0.4 is 5.32 Å². The second kappa shape index (κ2) is 5.75. The third-order valence-electron chi connectivity index (χ3n) is 3.47. The summed E-state index contributed by atoms with van der Waals surface area (Å²) < 4.78 is 26.9.